The number of H-pyrrole nitrogens is 1. The largest absolute Gasteiger partial charge is 0.454 e. The molecule has 0 saturated carbocycles. The van der Waals surface area contributed by atoms with Gasteiger partial charge in [0.15, 0.2) is 11.5 Å². The van der Waals surface area contributed by atoms with Crippen LogP contribution in [0.15, 0.2) is 59.5 Å². The molecule has 0 fully saturated rings. The fraction of sp³-hybridized carbons (Fsp3) is 0.100. The first-order valence-corrected chi connectivity index (χ1v) is 8.87. The Morgan fingerprint density at radius 1 is 1.10 bits per heavy atom. The fourth-order valence-corrected chi connectivity index (χ4v) is 3.12. The summed E-state index contributed by atoms with van der Waals surface area (Å²) < 4.78 is 11.8. The predicted octanol–water partition coefficient (Wildman–Crippen LogP) is 2.15. The van der Waals surface area contributed by atoms with Crippen molar-refractivity contribution in [3.8, 4) is 22.8 Å². The molecule has 1 aliphatic heterocycles. The van der Waals surface area contributed by atoms with Crippen LogP contribution in [0.4, 0.5) is 5.69 Å². The first-order chi connectivity index (χ1) is 14.2. The monoisotopic (exact) mass is 389 g/mol. The Hall–Kier alpha value is -4.14. The van der Waals surface area contributed by atoms with E-state index in [9.17, 15) is 9.59 Å². The Balaban J connectivity index is 1.37. The van der Waals surface area contributed by atoms with Gasteiger partial charge in [-0.2, -0.15) is 10.2 Å². The Morgan fingerprint density at radius 2 is 2.00 bits per heavy atom. The molecule has 0 radical (unpaired) electrons. The number of hydrogen-bond acceptors (Lipinski definition) is 6. The topological polar surface area (TPSA) is 111 Å². The van der Waals surface area contributed by atoms with E-state index in [-0.39, 0.29) is 24.8 Å². The second-order valence-corrected chi connectivity index (χ2v) is 6.50. The predicted molar refractivity (Wildman–Crippen MR) is 105 cm³/mol. The van der Waals surface area contributed by atoms with Gasteiger partial charge in [-0.1, -0.05) is 0 Å². The van der Waals surface area contributed by atoms with Crippen molar-refractivity contribution in [3.05, 3.63) is 65.1 Å². The van der Waals surface area contributed by atoms with Crippen LogP contribution in [0.5, 0.6) is 11.5 Å². The molecule has 0 atom stereocenters. The summed E-state index contributed by atoms with van der Waals surface area (Å²) in [7, 11) is 0. The SMILES string of the molecule is O=C(Cn1nc(-c2ccc3c(c2)OCO3)ccc1=O)Nc1ccc2cn[nH]c2c1. The number of benzene rings is 2. The van der Waals surface area contributed by atoms with Crippen molar-refractivity contribution in [1.29, 1.82) is 0 Å². The number of nitrogens with one attached hydrogen (secondary N) is 2. The molecule has 1 amide bonds. The molecule has 0 saturated heterocycles. The van der Waals surface area contributed by atoms with Gasteiger partial charge in [-0.15, -0.1) is 0 Å². The minimum Gasteiger partial charge on any atom is -0.454 e. The molecule has 1 aliphatic rings. The maximum Gasteiger partial charge on any atom is 0.267 e. The van der Waals surface area contributed by atoms with Gasteiger partial charge < -0.3 is 14.8 Å². The van der Waals surface area contributed by atoms with E-state index in [0.717, 1.165) is 21.1 Å². The molecule has 5 rings (SSSR count). The smallest absolute Gasteiger partial charge is 0.267 e. The van der Waals surface area contributed by atoms with E-state index in [4.69, 9.17) is 9.47 Å². The average Bonchev–Trinajstić information content (AvgIpc) is 3.37. The maximum absolute atomic E-state index is 12.4. The van der Waals surface area contributed by atoms with Crippen LogP contribution in [0.3, 0.4) is 0 Å². The quantitative estimate of drug-likeness (QED) is 0.553. The Kier molecular flexibility index (Phi) is 3.98. The highest BCUT2D eigenvalue weighted by Gasteiger charge is 2.15. The Bertz CT molecular complexity index is 1290. The number of amides is 1. The second-order valence-electron chi connectivity index (χ2n) is 6.50. The van der Waals surface area contributed by atoms with Gasteiger partial charge >= 0.3 is 0 Å². The molecule has 2 aromatic carbocycles. The standard InChI is InChI=1S/C20H15N5O4/c26-19(22-14-3-1-13-9-21-23-16(13)8-14)10-25-20(27)6-4-15(24-25)12-2-5-17-18(7-12)29-11-28-17/h1-9H,10-11H2,(H,21,23)(H,22,26). The van der Waals surface area contributed by atoms with E-state index < -0.39 is 0 Å². The van der Waals surface area contributed by atoms with Crippen molar-refractivity contribution in [3.63, 3.8) is 0 Å². The number of fused-ring (bicyclic) bond motifs is 2. The molecule has 9 nitrogen and oxygen atoms in total. The minimum atomic E-state index is -0.367. The lowest BCUT2D eigenvalue weighted by atomic mass is 10.1. The number of carbonyl (C=O) groups is 1. The van der Waals surface area contributed by atoms with Gasteiger partial charge in [-0.25, -0.2) is 4.68 Å². The van der Waals surface area contributed by atoms with E-state index in [2.05, 4.69) is 20.6 Å². The van der Waals surface area contributed by atoms with Crippen LogP contribution in [0.2, 0.25) is 0 Å². The highest BCUT2D eigenvalue weighted by molar-refractivity contribution is 5.93. The summed E-state index contributed by atoms with van der Waals surface area (Å²) in [5.74, 6) is 0.922. The molecule has 9 heteroatoms. The van der Waals surface area contributed by atoms with Gasteiger partial charge in [0.05, 0.1) is 17.4 Å². The highest BCUT2D eigenvalue weighted by Crippen LogP contribution is 2.35. The minimum absolute atomic E-state index is 0.177. The van der Waals surface area contributed by atoms with Gasteiger partial charge in [0.2, 0.25) is 12.7 Å². The van der Waals surface area contributed by atoms with Gasteiger partial charge in [0, 0.05) is 22.7 Å². The van der Waals surface area contributed by atoms with E-state index in [0.29, 0.717) is 22.9 Å². The van der Waals surface area contributed by atoms with Crippen LogP contribution in [-0.2, 0) is 11.3 Å². The number of anilines is 1. The molecule has 0 unspecified atom stereocenters. The van der Waals surface area contributed by atoms with Crippen molar-refractivity contribution >= 4 is 22.5 Å². The summed E-state index contributed by atoms with van der Waals surface area (Å²) in [6.07, 6.45) is 1.70. The molecule has 3 heterocycles. The van der Waals surface area contributed by atoms with Crippen LogP contribution in [0, 0.1) is 0 Å². The average molecular weight is 389 g/mol. The molecular formula is C20H15N5O4. The molecular weight excluding hydrogens is 374 g/mol. The number of hydrogen-bond donors (Lipinski definition) is 2. The molecule has 4 aromatic rings. The third-order valence-electron chi connectivity index (χ3n) is 4.55. The molecule has 0 spiro atoms. The Labute approximate surface area is 163 Å². The second kappa shape index (κ2) is 6.79. The van der Waals surface area contributed by atoms with Crippen molar-refractivity contribution in [1.82, 2.24) is 20.0 Å². The lowest BCUT2D eigenvalue weighted by Crippen LogP contribution is -2.29. The number of carbonyl (C=O) groups excluding carboxylic acids is 1. The zero-order valence-electron chi connectivity index (χ0n) is 15.1. The van der Waals surface area contributed by atoms with Gasteiger partial charge in [-0.3, -0.25) is 14.7 Å². The molecule has 0 bridgehead atoms. The Morgan fingerprint density at radius 3 is 2.93 bits per heavy atom. The zero-order chi connectivity index (χ0) is 19.8. The van der Waals surface area contributed by atoms with Crippen LogP contribution in [0.1, 0.15) is 0 Å². The number of nitrogens with zero attached hydrogens (tertiary/aromatic N) is 3. The molecule has 2 aromatic heterocycles. The van der Waals surface area contributed by atoms with E-state index in [1.54, 1.807) is 36.5 Å². The molecule has 0 aliphatic carbocycles. The van der Waals surface area contributed by atoms with Crippen molar-refractivity contribution < 1.29 is 14.3 Å². The summed E-state index contributed by atoms with van der Waals surface area (Å²) >= 11 is 0. The number of rotatable bonds is 4. The van der Waals surface area contributed by atoms with Crippen LogP contribution in [-0.4, -0.2) is 32.7 Å². The van der Waals surface area contributed by atoms with Crippen molar-refractivity contribution in [2.75, 3.05) is 12.1 Å². The lowest BCUT2D eigenvalue weighted by Gasteiger charge is -2.09. The molecule has 144 valence electrons. The number of aromatic nitrogens is 4. The maximum atomic E-state index is 12.4. The number of aromatic amines is 1. The fourth-order valence-electron chi connectivity index (χ4n) is 3.12. The third-order valence-corrected chi connectivity index (χ3v) is 4.55. The highest BCUT2D eigenvalue weighted by atomic mass is 16.7. The number of ether oxygens (including phenoxy) is 2. The first kappa shape index (κ1) is 17.0. The summed E-state index contributed by atoms with van der Waals surface area (Å²) in [4.78, 5) is 24.6. The normalized spacial score (nSPS) is 12.3. The molecule has 2 N–H and O–H groups in total. The first-order valence-electron chi connectivity index (χ1n) is 8.87. The van der Waals surface area contributed by atoms with Crippen molar-refractivity contribution in [2.24, 2.45) is 0 Å². The lowest BCUT2D eigenvalue weighted by molar-refractivity contribution is -0.117. The summed E-state index contributed by atoms with van der Waals surface area (Å²) in [5.41, 5.74) is 2.35. The van der Waals surface area contributed by atoms with Gasteiger partial charge in [-0.05, 0) is 42.5 Å². The summed E-state index contributed by atoms with van der Waals surface area (Å²) in [5, 5.41) is 14.8. The van der Waals surface area contributed by atoms with Crippen LogP contribution >= 0.6 is 0 Å². The third kappa shape index (κ3) is 3.29. The van der Waals surface area contributed by atoms with Gasteiger partial charge in [0.25, 0.3) is 5.56 Å². The van der Waals surface area contributed by atoms with Crippen molar-refractivity contribution in [2.45, 2.75) is 6.54 Å². The van der Waals surface area contributed by atoms with Crippen LogP contribution < -0.4 is 20.3 Å². The van der Waals surface area contributed by atoms with E-state index >= 15 is 0 Å². The molecule has 29 heavy (non-hydrogen) atoms. The van der Waals surface area contributed by atoms with Crippen LogP contribution in [0.25, 0.3) is 22.2 Å². The zero-order valence-corrected chi connectivity index (χ0v) is 15.1. The van der Waals surface area contributed by atoms with Gasteiger partial charge in [0.1, 0.15) is 6.54 Å². The van der Waals surface area contributed by atoms with E-state index in [1.165, 1.54) is 6.07 Å². The summed E-state index contributed by atoms with van der Waals surface area (Å²) in [6.45, 7) is -0.0333. The van der Waals surface area contributed by atoms with E-state index in [1.807, 2.05) is 12.1 Å². The summed E-state index contributed by atoms with van der Waals surface area (Å²) in [6, 6.07) is 13.8.